The summed E-state index contributed by atoms with van der Waals surface area (Å²) in [7, 11) is 0. The highest BCUT2D eigenvalue weighted by Gasteiger charge is 2.17. The van der Waals surface area contributed by atoms with Gasteiger partial charge in [0.15, 0.2) is 17.0 Å². The molecule has 0 aliphatic heterocycles. The Morgan fingerprint density at radius 3 is 2.57 bits per heavy atom. The summed E-state index contributed by atoms with van der Waals surface area (Å²) in [5.41, 5.74) is 4.00. The first-order valence-electron chi connectivity index (χ1n) is 9.90. The molecule has 0 unspecified atom stereocenters. The number of rotatable bonds is 8. The lowest BCUT2D eigenvalue weighted by atomic mass is 10.1. The number of imidazole rings is 1. The molecule has 3 rings (SSSR count). The highest BCUT2D eigenvalue weighted by Crippen LogP contribution is 2.26. The highest BCUT2D eigenvalue weighted by molar-refractivity contribution is 6.28. The van der Waals surface area contributed by atoms with Gasteiger partial charge in [-0.1, -0.05) is 27.7 Å². The zero-order chi connectivity index (χ0) is 20.3. The molecule has 0 fully saturated rings. The average molecular weight is 403 g/mol. The van der Waals surface area contributed by atoms with Gasteiger partial charge in [-0.3, -0.25) is 4.79 Å². The highest BCUT2D eigenvalue weighted by atomic mass is 35.5. The Morgan fingerprint density at radius 2 is 1.93 bits per heavy atom. The molecule has 0 aliphatic rings. The van der Waals surface area contributed by atoms with Crippen molar-refractivity contribution in [3.8, 4) is 0 Å². The minimum absolute atomic E-state index is 0.0670. The number of nitrogens with zero attached hydrogens (tertiary/aromatic N) is 4. The number of hydrogen-bond acceptors (Lipinski definition) is 5. The van der Waals surface area contributed by atoms with E-state index in [9.17, 15) is 4.79 Å². The molecule has 8 heteroatoms. The zero-order valence-electron chi connectivity index (χ0n) is 16.8. The van der Waals surface area contributed by atoms with Gasteiger partial charge >= 0.3 is 0 Å². The predicted molar refractivity (Wildman–Crippen MR) is 113 cm³/mol. The lowest BCUT2D eigenvalue weighted by molar-refractivity contribution is 0.480. The van der Waals surface area contributed by atoms with Crippen LogP contribution in [-0.4, -0.2) is 24.5 Å². The Kier molecular flexibility index (Phi) is 6.34. The minimum atomic E-state index is -0.0670. The summed E-state index contributed by atoms with van der Waals surface area (Å²) in [5, 5.41) is 3.42. The van der Waals surface area contributed by atoms with Crippen LogP contribution in [0.5, 0.6) is 0 Å². The molecule has 0 saturated heterocycles. The average Bonchev–Trinajstić information content (AvgIpc) is 3.11. The summed E-state index contributed by atoms with van der Waals surface area (Å²) in [5.74, 6) is 0.542. The fourth-order valence-corrected chi connectivity index (χ4v) is 3.70. The van der Waals surface area contributed by atoms with Crippen molar-refractivity contribution in [1.82, 2.24) is 24.5 Å². The number of hydrogen-bond donors (Lipinski definition) is 2. The third-order valence-corrected chi connectivity index (χ3v) is 5.38. The van der Waals surface area contributed by atoms with Gasteiger partial charge in [-0.25, -0.2) is 4.98 Å². The second-order valence-electron chi connectivity index (χ2n) is 6.82. The molecule has 2 N–H and O–H groups in total. The number of nitrogens with one attached hydrogen (secondary N) is 2. The Labute approximate surface area is 169 Å². The zero-order valence-corrected chi connectivity index (χ0v) is 17.6. The molecule has 150 valence electrons. The maximum Gasteiger partial charge on any atom is 0.253 e. The van der Waals surface area contributed by atoms with Gasteiger partial charge in [0, 0.05) is 23.8 Å². The molecule has 0 aliphatic carbocycles. The van der Waals surface area contributed by atoms with Crippen LogP contribution in [-0.2, 0) is 19.4 Å². The number of aromatic amines is 1. The van der Waals surface area contributed by atoms with Crippen molar-refractivity contribution in [2.24, 2.45) is 0 Å². The van der Waals surface area contributed by atoms with E-state index in [-0.39, 0.29) is 10.8 Å². The molecule has 0 amide bonds. The predicted octanol–water partition coefficient (Wildman–Crippen LogP) is 4.27. The second kappa shape index (κ2) is 8.73. The van der Waals surface area contributed by atoms with Crippen LogP contribution in [0.3, 0.4) is 0 Å². The monoisotopic (exact) mass is 402 g/mol. The first-order valence-corrected chi connectivity index (χ1v) is 10.3. The largest absolute Gasteiger partial charge is 0.364 e. The summed E-state index contributed by atoms with van der Waals surface area (Å²) in [6, 6.07) is 2.36. The molecule has 0 saturated carbocycles. The molecule has 7 nitrogen and oxygen atoms in total. The molecule has 28 heavy (non-hydrogen) atoms. The summed E-state index contributed by atoms with van der Waals surface area (Å²) in [4.78, 5) is 28.7. The van der Waals surface area contributed by atoms with E-state index in [2.05, 4.69) is 52.1 Å². The van der Waals surface area contributed by atoms with Crippen molar-refractivity contribution in [2.75, 3.05) is 5.32 Å². The Balaban J connectivity index is 1.97. The third kappa shape index (κ3) is 3.90. The molecular weight excluding hydrogens is 376 g/mol. The molecule has 0 spiro atoms. The van der Waals surface area contributed by atoms with Gasteiger partial charge in [0.1, 0.15) is 0 Å². The molecule has 0 aromatic carbocycles. The van der Waals surface area contributed by atoms with Crippen LogP contribution in [0.15, 0.2) is 17.2 Å². The van der Waals surface area contributed by atoms with E-state index in [1.54, 1.807) is 6.33 Å². The smallest absolute Gasteiger partial charge is 0.253 e. The Bertz CT molecular complexity index is 1020. The fourth-order valence-electron chi connectivity index (χ4n) is 3.53. The number of pyridine rings is 1. The van der Waals surface area contributed by atoms with Crippen LogP contribution in [0.4, 0.5) is 5.82 Å². The van der Waals surface area contributed by atoms with Crippen molar-refractivity contribution < 1.29 is 0 Å². The summed E-state index contributed by atoms with van der Waals surface area (Å²) in [6.07, 6.45) is 5.33. The third-order valence-electron chi connectivity index (χ3n) is 5.21. The van der Waals surface area contributed by atoms with Crippen molar-refractivity contribution in [3.63, 3.8) is 0 Å². The van der Waals surface area contributed by atoms with Gasteiger partial charge < -0.3 is 14.9 Å². The minimum Gasteiger partial charge on any atom is -0.364 e. The number of halogens is 1. The van der Waals surface area contributed by atoms with Gasteiger partial charge in [0.25, 0.3) is 5.56 Å². The van der Waals surface area contributed by atoms with Gasteiger partial charge in [-0.2, -0.15) is 9.97 Å². The Hall–Kier alpha value is -2.41. The van der Waals surface area contributed by atoms with Gasteiger partial charge in [0.05, 0.1) is 6.33 Å². The van der Waals surface area contributed by atoms with Crippen molar-refractivity contribution in [3.05, 3.63) is 44.9 Å². The van der Waals surface area contributed by atoms with E-state index < -0.39 is 0 Å². The summed E-state index contributed by atoms with van der Waals surface area (Å²) >= 11 is 6.18. The number of H-pyrrole nitrogens is 1. The molecule has 0 bridgehead atoms. The molecular formula is C20H27ClN6O. The van der Waals surface area contributed by atoms with Gasteiger partial charge in [-0.15, -0.1) is 0 Å². The van der Waals surface area contributed by atoms with Crippen LogP contribution in [0.2, 0.25) is 5.28 Å². The number of fused-ring (bicyclic) bond motifs is 1. The fraction of sp³-hybridized carbons (Fsp3) is 0.500. The summed E-state index contributed by atoms with van der Waals surface area (Å²) in [6.45, 7) is 8.71. The number of aryl methyl sites for hydroxylation is 2. The van der Waals surface area contributed by atoms with Gasteiger partial charge in [0.2, 0.25) is 5.28 Å². The van der Waals surface area contributed by atoms with Crippen molar-refractivity contribution in [2.45, 2.75) is 66.0 Å². The molecule has 0 radical (unpaired) electrons. The quantitative estimate of drug-likeness (QED) is 0.549. The van der Waals surface area contributed by atoms with E-state index in [1.165, 1.54) is 0 Å². The van der Waals surface area contributed by atoms with E-state index in [0.29, 0.717) is 35.1 Å². The van der Waals surface area contributed by atoms with Crippen LogP contribution < -0.4 is 10.9 Å². The van der Waals surface area contributed by atoms with Crippen LogP contribution in [0.1, 0.15) is 63.4 Å². The molecule has 3 aromatic heterocycles. The second-order valence-corrected chi connectivity index (χ2v) is 7.16. The van der Waals surface area contributed by atoms with Crippen LogP contribution in [0.25, 0.3) is 11.2 Å². The Morgan fingerprint density at radius 1 is 1.18 bits per heavy atom. The first-order chi connectivity index (χ1) is 13.5. The van der Waals surface area contributed by atoms with Gasteiger partial charge in [-0.05, 0) is 48.9 Å². The standard InChI is InChI=1S/C20H27ClN6O/c1-5-12-9-13(6-2)24-19(28)15(12)10-22-17-16-18(26-20(21)25-17)27(11-23-16)14(7-3)8-4/h9,11,14H,5-8,10H2,1-4H3,(H,24,28)(H,22,25,26). The summed E-state index contributed by atoms with van der Waals surface area (Å²) < 4.78 is 2.05. The lowest BCUT2D eigenvalue weighted by Crippen LogP contribution is -2.20. The van der Waals surface area contributed by atoms with E-state index in [0.717, 1.165) is 36.9 Å². The molecule has 0 atom stereocenters. The maximum atomic E-state index is 12.5. The topological polar surface area (TPSA) is 88.5 Å². The SMILES string of the molecule is CCc1cc(CC)c(CNc2nc(Cl)nc3c2ncn3C(CC)CC)c(=O)[nH]1. The molecule has 3 heterocycles. The van der Waals surface area contributed by atoms with Crippen molar-refractivity contribution in [1.29, 1.82) is 0 Å². The van der Waals surface area contributed by atoms with E-state index in [4.69, 9.17) is 11.6 Å². The number of aromatic nitrogens is 5. The normalized spacial score (nSPS) is 11.5. The van der Waals surface area contributed by atoms with E-state index >= 15 is 0 Å². The van der Waals surface area contributed by atoms with Crippen molar-refractivity contribution >= 4 is 28.6 Å². The molecule has 3 aromatic rings. The maximum absolute atomic E-state index is 12.5. The van der Waals surface area contributed by atoms with Crippen LogP contribution >= 0.6 is 11.6 Å². The number of anilines is 1. The van der Waals surface area contributed by atoms with E-state index in [1.807, 2.05) is 11.5 Å². The first kappa shape index (κ1) is 20.3. The lowest BCUT2D eigenvalue weighted by Gasteiger charge is -2.15. The van der Waals surface area contributed by atoms with Crippen LogP contribution in [0, 0.1) is 0 Å².